The fourth-order valence-electron chi connectivity index (χ4n) is 0.697. The minimum atomic E-state index is 0.639. The van der Waals surface area contributed by atoms with Gasteiger partial charge < -0.3 is 0 Å². The quantitative estimate of drug-likeness (QED) is 0.375. The van der Waals surface area contributed by atoms with Crippen molar-refractivity contribution in [3.05, 3.63) is 0 Å². The summed E-state index contributed by atoms with van der Waals surface area (Å²) in [6, 6.07) is 0. The molecule has 0 aromatic rings. The van der Waals surface area contributed by atoms with Crippen molar-refractivity contribution < 1.29 is 0 Å². The van der Waals surface area contributed by atoms with E-state index in [9.17, 15) is 0 Å². The summed E-state index contributed by atoms with van der Waals surface area (Å²) in [6.07, 6.45) is 2.38. The Labute approximate surface area is 52.8 Å². The fraction of sp³-hybridized carbons (Fsp3) is 0.714. The molecule has 0 amide bonds. The Morgan fingerprint density at radius 1 is 1.25 bits per heavy atom. The Morgan fingerprint density at radius 3 is 1.88 bits per heavy atom. The molecule has 0 aromatic heterocycles. The van der Waals surface area contributed by atoms with E-state index in [4.69, 9.17) is 0 Å². The molecule has 44 valence electrons. The molecule has 0 aromatic carbocycles. The first kappa shape index (κ1) is 7.62. The summed E-state index contributed by atoms with van der Waals surface area (Å²) in [5, 5.41) is 0. The van der Waals surface area contributed by atoms with Crippen LogP contribution in [0.15, 0.2) is 0 Å². The summed E-state index contributed by atoms with van der Waals surface area (Å²) in [5.41, 5.74) is 0. The molecule has 0 fully saturated rings. The topological polar surface area (TPSA) is 0 Å². The van der Waals surface area contributed by atoms with Gasteiger partial charge in [-0.25, -0.2) is 0 Å². The molecule has 0 radical (unpaired) electrons. The van der Waals surface area contributed by atoms with Crippen LogP contribution in [0.1, 0.15) is 20.8 Å². The predicted octanol–water partition coefficient (Wildman–Crippen LogP) is 2.08. The average molecular weight is 108 g/mol. The van der Waals surface area contributed by atoms with E-state index >= 15 is 0 Å². The lowest BCUT2D eigenvalue weighted by atomic mass is 9.47. The summed E-state index contributed by atoms with van der Waals surface area (Å²) in [4.78, 5) is 0. The Bertz CT molecular complexity index is 92.7. The minimum Gasteiger partial charge on any atom is -0.156 e. The van der Waals surface area contributed by atoms with E-state index < -0.39 is 0 Å². The first-order valence-corrected chi connectivity index (χ1v) is 3.27. The highest BCUT2D eigenvalue weighted by atomic mass is 13.6. The molecule has 0 aliphatic heterocycles. The molecule has 8 heavy (non-hydrogen) atoms. The molecule has 0 aliphatic carbocycles. The highest BCUT2D eigenvalue weighted by molar-refractivity contribution is 6.67. The van der Waals surface area contributed by atoms with Crippen LogP contribution in [-0.2, 0) is 0 Å². The van der Waals surface area contributed by atoms with Crippen LogP contribution in [0, 0.1) is 11.7 Å². The van der Waals surface area contributed by atoms with Crippen LogP contribution in [0.4, 0.5) is 0 Å². The van der Waals surface area contributed by atoms with Gasteiger partial charge in [0.2, 0.25) is 6.71 Å². The van der Waals surface area contributed by atoms with Crippen LogP contribution in [0.5, 0.6) is 0 Å². The monoisotopic (exact) mass is 108 g/mol. The molecule has 0 atom stereocenters. The molecule has 0 saturated heterocycles. The third kappa shape index (κ3) is 2.74. The Balaban J connectivity index is 3.47. The third-order valence-electron chi connectivity index (χ3n) is 1.33. The van der Waals surface area contributed by atoms with E-state index in [0.29, 0.717) is 6.71 Å². The average Bonchev–Trinajstić information content (AvgIpc) is 1.83. The zero-order valence-electron chi connectivity index (χ0n) is 5.99. The van der Waals surface area contributed by atoms with Gasteiger partial charge in [-0.05, 0) is 6.92 Å². The first-order chi connectivity index (χ1) is 3.85. The van der Waals surface area contributed by atoms with Gasteiger partial charge in [-0.15, -0.1) is 5.92 Å². The molecule has 1 heteroatoms. The molecule has 0 nitrogen and oxygen atoms in total. The second-order valence-corrected chi connectivity index (χ2v) is 1.91. The summed E-state index contributed by atoms with van der Waals surface area (Å²) in [6.45, 7) is 6.90. The van der Waals surface area contributed by atoms with Crippen molar-refractivity contribution in [1.82, 2.24) is 0 Å². The fourth-order valence-corrected chi connectivity index (χ4v) is 0.697. The van der Waals surface area contributed by atoms with Gasteiger partial charge in [-0.2, -0.15) is 5.82 Å². The van der Waals surface area contributed by atoms with Crippen LogP contribution in [0.25, 0.3) is 0 Å². The molecule has 0 rings (SSSR count). The summed E-state index contributed by atoms with van der Waals surface area (Å²) in [7, 11) is 0. The van der Waals surface area contributed by atoms with Gasteiger partial charge in [0, 0.05) is 0 Å². The van der Waals surface area contributed by atoms with Crippen LogP contribution < -0.4 is 0 Å². The van der Waals surface area contributed by atoms with E-state index in [2.05, 4.69) is 25.6 Å². The first-order valence-electron chi connectivity index (χ1n) is 3.27. The number of hydrogen-bond acceptors (Lipinski definition) is 0. The molecule has 0 bridgehead atoms. The van der Waals surface area contributed by atoms with Crippen LogP contribution in [-0.4, -0.2) is 6.71 Å². The van der Waals surface area contributed by atoms with Crippen molar-refractivity contribution in [1.29, 1.82) is 0 Å². The molecule has 0 aliphatic rings. The normalized spacial score (nSPS) is 7.38. The third-order valence-corrected chi connectivity index (χ3v) is 1.33. The Morgan fingerprint density at radius 2 is 1.75 bits per heavy atom. The smallest absolute Gasteiger partial charge is 0.156 e. The predicted molar refractivity (Wildman–Crippen MR) is 40.2 cm³/mol. The lowest BCUT2D eigenvalue weighted by Gasteiger charge is -1.93. The van der Waals surface area contributed by atoms with Gasteiger partial charge >= 0.3 is 0 Å². The zero-order chi connectivity index (χ0) is 6.41. The molecule has 0 unspecified atom stereocenters. The summed E-state index contributed by atoms with van der Waals surface area (Å²) in [5.74, 6) is 6.05. The van der Waals surface area contributed by atoms with Crippen LogP contribution in [0.3, 0.4) is 0 Å². The maximum absolute atomic E-state index is 3.13. The van der Waals surface area contributed by atoms with Crippen molar-refractivity contribution in [3.8, 4) is 11.7 Å². The van der Waals surface area contributed by atoms with E-state index in [1.54, 1.807) is 0 Å². The van der Waals surface area contributed by atoms with E-state index in [0.717, 1.165) is 0 Å². The Hall–Kier alpha value is -0.375. The summed E-state index contributed by atoms with van der Waals surface area (Å²) >= 11 is 0. The molecule has 0 N–H and O–H groups in total. The highest BCUT2D eigenvalue weighted by Gasteiger charge is 2.01. The Kier molecular flexibility index (Phi) is 4.55. The van der Waals surface area contributed by atoms with Crippen molar-refractivity contribution in [3.63, 3.8) is 0 Å². The minimum absolute atomic E-state index is 0.639. The van der Waals surface area contributed by atoms with Crippen molar-refractivity contribution in [2.45, 2.75) is 33.4 Å². The van der Waals surface area contributed by atoms with Crippen molar-refractivity contribution >= 4 is 6.71 Å². The van der Waals surface area contributed by atoms with Crippen molar-refractivity contribution in [2.24, 2.45) is 0 Å². The van der Waals surface area contributed by atoms with E-state index in [1.165, 1.54) is 12.6 Å². The van der Waals surface area contributed by atoms with Crippen molar-refractivity contribution in [2.75, 3.05) is 0 Å². The molecular weight excluding hydrogens is 94.9 g/mol. The summed E-state index contributed by atoms with van der Waals surface area (Å²) < 4.78 is 0. The number of rotatable bonds is 2. The van der Waals surface area contributed by atoms with Crippen LogP contribution >= 0.6 is 0 Å². The highest BCUT2D eigenvalue weighted by Crippen LogP contribution is 1.94. The SMILES string of the molecule is CC#CB(CC)CC. The van der Waals surface area contributed by atoms with Gasteiger partial charge in [-0.3, -0.25) is 0 Å². The molecule has 0 saturated carbocycles. The maximum atomic E-state index is 3.13. The molecule has 0 heterocycles. The largest absolute Gasteiger partial charge is 0.230 e. The van der Waals surface area contributed by atoms with Gasteiger partial charge in [-0.1, -0.05) is 26.5 Å². The lowest BCUT2D eigenvalue weighted by Crippen LogP contribution is -2.04. The van der Waals surface area contributed by atoms with Gasteiger partial charge in [0.1, 0.15) is 0 Å². The van der Waals surface area contributed by atoms with Crippen LogP contribution in [0.2, 0.25) is 12.6 Å². The zero-order valence-corrected chi connectivity index (χ0v) is 5.99. The maximum Gasteiger partial charge on any atom is 0.230 e. The molecule has 0 spiro atoms. The van der Waals surface area contributed by atoms with E-state index in [1.807, 2.05) is 6.92 Å². The lowest BCUT2D eigenvalue weighted by molar-refractivity contribution is 1.34. The standard InChI is InChI=1S/C7H13B/c1-4-7-8(5-2)6-3/h5-6H2,1-3H3. The second-order valence-electron chi connectivity index (χ2n) is 1.91. The van der Waals surface area contributed by atoms with Gasteiger partial charge in [0.25, 0.3) is 0 Å². The molecular formula is C7H13B. The second kappa shape index (κ2) is 4.78. The van der Waals surface area contributed by atoms with Gasteiger partial charge in [0.15, 0.2) is 0 Å². The van der Waals surface area contributed by atoms with Gasteiger partial charge in [0.05, 0.1) is 0 Å². The number of hydrogen-bond donors (Lipinski definition) is 0. The van der Waals surface area contributed by atoms with E-state index in [-0.39, 0.29) is 0 Å².